The van der Waals surface area contributed by atoms with Crippen molar-refractivity contribution in [2.45, 2.75) is 12.8 Å². The number of benzene rings is 1. The van der Waals surface area contributed by atoms with Gasteiger partial charge in [-0.05, 0) is 6.07 Å². The Morgan fingerprint density at radius 1 is 1.45 bits per heavy atom. The van der Waals surface area contributed by atoms with E-state index in [1.807, 2.05) is 0 Å². The molecule has 0 fully saturated rings. The molecule has 59 valence electrons. The van der Waals surface area contributed by atoms with Crippen LogP contribution in [0.4, 0.5) is 13.2 Å². The van der Waals surface area contributed by atoms with Crippen molar-refractivity contribution in [3.63, 3.8) is 0 Å². The van der Waals surface area contributed by atoms with Crippen LogP contribution in [0.5, 0.6) is 0 Å². The van der Waals surface area contributed by atoms with Crippen molar-refractivity contribution < 1.29 is 13.2 Å². The monoisotopic (exact) mass is 159 g/mol. The average Bonchev–Trinajstić information content (AvgIpc) is 1.86. The second-order valence-electron chi connectivity index (χ2n) is 2.31. The van der Waals surface area contributed by atoms with Crippen molar-refractivity contribution in [2.75, 3.05) is 0 Å². The van der Waals surface area contributed by atoms with Gasteiger partial charge in [0.2, 0.25) is 0 Å². The van der Waals surface area contributed by atoms with Gasteiger partial charge >= 0.3 is 0 Å². The molecule has 0 amide bonds. The fraction of sp³-hybridized carbons (Fsp3) is 0.250. The molecule has 0 N–H and O–H groups in total. The van der Waals surface area contributed by atoms with E-state index >= 15 is 0 Å². The maximum atomic E-state index is 12.5. The van der Waals surface area contributed by atoms with Crippen LogP contribution in [0.25, 0.3) is 0 Å². The second-order valence-corrected chi connectivity index (χ2v) is 2.31. The first-order chi connectivity index (χ1) is 5.00. The largest absolute Gasteiger partial charge is 0.270 e. The van der Waals surface area contributed by atoms with Crippen LogP contribution in [-0.2, 0) is 5.92 Å². The molecule has 0 nitrogen and oxygen atoms in total. The minimum Gasteiger partial charge on any atom is -0.206 e. The van der Waals surface area contributed by atoms with E-state index in [0.29, 0.717) is 0 Å². The van der Waals surface area contributed by atoms with Gasteiger partial charge in [0.05, 0.1) is 0 Å². The average molecular weight is 159 g/mol. The highest BCUT2D eigenvalue weighted by Crippen LogP contribution is 2.26. The summed E-state index contributed by atoms with van der Waals surface area (Å²) in [6.45, 7) is 0.724. The molecule has 0 atom stereocenters. The topological polar surface area (TPSA) is 0 Å². The summed E-state index contributed by atoms with van der Waals surface area (Å²) < 4.78 is 37.2. The predicted octanol–water partition coefficient (Wildman–Crippen LogP) is 2.74. The van der Waals surface area contributed by atoms with Gasteiger partial charge in [0.1, 0.15) is 5.82 Å². The third kappa shape index (κ3) is 1.97. The normalized spacial score (nSPS) is 11.6. The third-order valence-electron chi connectivity index (χ3n) is 1.27. The molecule has 1 aromatic carbocycles. The smallest absolute Gasteiger partial charge is 0.206 e. The first-order valence-electron chi connectivity index (χ1n) is 3.05. The summed E-state index contributed by atoms with van der Waals surface area (Å²) in [4.78, 5) is 0. The van der Waals surface area contributed by atoms with Crippen molar-refractivity contribution in [3.05, 3.63) is 35.6 Å². The number of alkyl halides is 2. The van der Waals surface area contributed by atoms with Crippen LogP contribution >= 0.6 is 0 Å². The highest BCUT2D eigenvalue weighted by atomic mass is 19.3. The van der Waals surface area contributed by atoms with Crippen molar-refractivity contribution in [2.24, 2.45) is 0 Å². The van der Waals surface area contributed by atoms with Crippen LogP contribution in [0.15, 0.2) is 18.2 Å². The van der Waals surface area contributed by atoms with Gasteiger partial charge in [-0.1, -0.05) is 12.1 Å². The van der Waals surface area contributed by atoms with Gasteiger partial charge < -0.3 is 0 Å². The van der Waals surface area contributed by atoms with Crippen LogP contribution in [0, 0.1) is 11.9 Å². The lowest BCUT2D eigenvalue weighted by molar-refractivity contribution is 0.0171. The number of halogens is 3. The molecule has 0 saturated carbocycles. The van der Waals surface area contributed by atoms with E-state index in [0.717, 1.165) is 25.1 Å². The van der Waals surface area contributed by atoms with Crippen LogP contribution in [0.1, 0.15) is 12.5 Å². The molecule has 0 aliphatic carbocycles. The zero-order valence-corrected chi connectivity index (χ0v) is 5.87. The number of hydrogen-bond donors (Lipinski definition) is 0. The van der Waals surface area contributed by atoms with Gasteiger partial charge in [-0.2, -0.15) is 0 Å². The summed E-state index contributed by atoms with van der Waals surface area (Å²) in [6, 6.07) is 5.20. The van der Waals surface area contributed by atoms with Gasteiger partial charge in [-0.25, -0.2) is 13.2 Å². The van der Waals surface area contributed by atoms with Gasteiger partial charge in [0.15, 0.2) is 0 Å². The highest BCUT2D eigenvalue weighted by molar-refractivity contribution is 5.19. The van der Waals surface area contributed by atoms with E-state index in [1.54, 1.807) is 0 Å². The van der Waals surface area contributed by atoms with E-state index in [4.69, 9.17) is 0 Å². The summed E-state index contributed by atoms with van der Waals surface area (Å²) in [7, 11) is 0. The molecule has 11 heavy (non-hydrogen) atoms. The molecule has 0 saturated heterocycles. The molecule has 3 heteroatoms. The van der Waals surface area contributed by atoms with E-state index in [2.05, 4.69) is 6.07 Å². The lowest BCUT2D eigenvalue weighted by Crippen LogP contribution is -2.06. The molecule has 0 aromatic heterocycles. The van der Waals surface area contributed by atoms with Gasteiger partial charge in [-0.3, -0.25) is 0 Å². The summed E-state index contributed by atoms with van der Waals surface area (Å²) in [5, 5.41) is 0. The Balaban J connectivity index is 3.06. The van der Waals surface area contributed by atoms with E-state index in [1.165, 1.54) is 0 Å². The predicted molar refractivity (Wildman–Crippen MR) is 34.8 cm³/mol. The Bertz CT molecular complexity index is 250. The lowest BCUT2D eigenvalue weighted by Gasteiger charge is -2.09. The molecule has 1 aromatic rings. The van der Waals surface area contributed by atoms with Crippen molar-refractivity contribution in [1.82, 2.24) is 0 Å². The minimum atomic E-state index is -2.98. The third-order valence-corrected chi connectivity index (χ3v) is 1.27. The molecule has 1 rings (SSSR count). The molecule has 0 heterocycles. The Hall–Kier alpha value is -0.990. The Morgan fingerprint density at radius 2 is 2.09 bits per heavy atom. The maximum Gasteiger partial charge on any atom is 0.270 e. The van der Waals surface area contributed by atoms with Crippen LogP contribution in [0.3, 0.4) is 0 Å². The molecular weight excluding hydrogens is 153 g/mol. The summed E-state index contributed by atoms with van der Waals surface area (Å²) >= 11 is 0. The molecule has 0 bridgehead atoms. The number of hydrogen-bond acceptors (Lipinski definition) is 0. The fourth-order valence-corrected chi connectivity index (χ4v) is 0.710. The van der Waals surface area contributed by atoms with Crippen LogP contribution in [-0.4, -0.2) is 0 Å². The van der Waals surface area contributed by atoms with Gasteiger partial charge in [-0.15, -0.1) is 0 Å². The van der Waals surface area contributed by atoms with E-state index in [-0.39, 0.29) is 5.56 Å². The molecule has 0 spiro atoms. The van der Waals surface area contributed by atoms with E-state index < -0.39 is 11.7 Å². The van der Waals surface area contributed by atoms with Gasteiger partial charge in [0.25, 0.3) is 5.92 Å². The zero-order valence-electron chi connectivity index (χ0n) is 5.87. The first kappa shape index (κ1) is 8.11. The molecule has 0 aliphatic rings. The molecular formula is C8H6F3. The zero-order chi connectivity index (χ0) is 8.48. The standard InChI is InChI=1S/C8H6F3/c1-8(10,11)6-3-2-4-7(9)5-6/h2-3,5H,1H3. The van der Waals surface area contributed by atoms with Crippen LogP contribution in [0.2, 0.25) is 0 Å². The Morgan fingerprint density at radius 3 is 2.45 bits per heavy atom. The van der Waals surface area contributed by atoms with Gasteiger partial charge in [0, 0.05) is 18.6 Å². The van der Waals surface area contributed by atoms with Crippen molar-refractivity contribution >= 4 is 0 Å². The lowest BCUT2D eigenvalue weighted by atomic mass is 10.1. The maximum absolute atomic E-state index is 12.5. The molecule has 1 radical (unpaired) electrons. The molecule has 0 aliphatic heterocycles. The van der Waals surface area contributed by atoms with Crippen LogP contribution < -0.4 is 0 Å². The summed E-state index contributed by atoms with van der Waals surface area (Å²) in [5.74, 6) is -3.74. The second kappa shape index (κ2) is 2.57. The van der Waals surface area contributed by atoms with E-state index in [9.17, 15) is 13.2 Å². The quantitative estimate of drug-likeness (QED) is 0.591. The first-order valence-corrected chi connectivity index (χ1v) is 3.05. The van der Waals surface area contributed by atoms with Crippen molar-refractivity contribution in [1.29, 1.82) is 0 Å². The molecule has 0 unspecified atom stereocenters. The summed E-state index contributed by atoms with van der Waals surface area (Å²) in [5.41, 5.74) is -0.325. The Kier molecular flexibility index (Phi) is 1.89. The fourth-order valence-electron chi connectivity index (χ4n) is 0.710. The Labute approximate surface area is 62.7 Å². The minimum absolute atomic E-state index is 0.325. The SMILES string of the molecule is CC(F)(F)c1cc[c]c(F)c1. The number of rotatable bonds is 1. The van der Waals surface area contributed by atoms with Crippen molar-refractivity contribution in [3.8, 4) is 0 Å². The highest BCUT2D eigenvalue weighted by Gasteiger charge is 2.24. The summed E-state index contributed by atoms with van der Waals surface area (Å²) in [6.07, 6.45) is 0.